The molecule has 1 amide bonds. The van der Waals surface area contributed by atoms with Crippen LogP contribution < -0.4 is 0 Å². The number of likely N-dealkylation sites (N-methyl/N-ethyl adjacent to an activating group) is 1. The zero-order valence-corrected chi connectivity index (χ0v) is 10.1. The molecule has 1 aliphatic heterocycles. The van der Waals surface area contributed by atoms with Crippen LogP contribution in [-0.4, -0.2) is 42.9 Å². The summed E-state index contributed by atoms with van der Waals surface area (Å²) < 4.78 is 10.7. The van der Waals surface area contributed by atoms with Crippen molar-refractivity contribution in [2.75, 3.05) is 20.2 Å². The Labute approximate surface area is 91.5 Å². The fourth-order valence-electron chi connectivity index (χ4n) is 1.51. The lowest BCUT2D eigenvalue weighted by Crippen LogP contribution is -2.38. The third-order valence-corrected chi connectivity index (χ3v) is 2.21. The maximum absolute atomic E-state index is 11.6. The van der Waals surface area contributed by atoms with E-state index in [0.29, 0.717) is 6.54 Å². The van der Waals surface area contributed by atoms with Crippen molar-refractivity contribution >= 4 is 6.09 Å². The van der Waals surface area contributed by atoms with Gasteiger partial charge in [0.25, 0.3) is 0 Å². The molecule has 0 N–H and O–H groups in total. The summed E-state index contributed by atoms with van der Waals surface area (Å²) in [7, 11) is 1.75. The minimum absolute atomic E-state index is 0.183. The maximum Gasteiger partial charge on any atom is 0.410 e. The molecule has 1 heterocycles. The zero-order chi connectivity index (χ0) is 11.5. The van der Waals surface area contributed by atoms with Gasteiger partial charge in [0.1, 0.15) is 5.60 Å². The second kappa shape index (κ2) is 4.84. The van der Waals surface area contributed by atoms with E-state index >= 15 is 0 Å². The molecule has 4 heteroatoms. The summed E-state index contributed by atoms with van der Waals surface area (Å²) in [6, 6.07) is 0. The van der Waals surface area contributed by atoms with Gasteiger partial charge in [-0.2, -0.15) is 0 Å². The molecule has 4 nitrogen and oxygen atoms in total. The van der Waals surface area contributed by atoms with Gasteiger partial charge in [-0.3, -0.25) is 0 Å². The summed E-state index contributed by atoms with van der Waals surface area (Å²) in [6.45, 7) is 7.03. The van der Waals surface area contributed by atoms with Crippen LogP contribution in [0, 0.1) is 0 Å². The van der Waals surface area contributed by atoms with E-state index in [-0.39, 0.29) is 12.2 Å². The third kappa shape index (κ3) is 4.51. The molecule has 88 valence electrons. The van der Waals surface area contributed by atoms with Crippen LogP contribution in [-0.2, 0) is 9.47 Å². The SMILES string of the molecule is CN(C[C@H]1CCCO1)C(=O)OC(C)(C)C. The van der Waals surface area contributed by atoms with E-state index in [4.69, 9.17) is 9.47 Å². The molecule has 0 radical (unpaired) electrons. The van der Waals surface area contributed by atoms with E-state index in [0.717, 1.165) is 19.4 Å². The van der Waals surface area contributed by atoms with Gasteiger partial charge in [0.2, 0.25) is 0 Å². The third-order valence-electron chi connectivity index (χ3n) is 2.21. The van der Waals surface area contributed by atoms with Crippen LogP contribution in [0.3, 0.4) is 0 Å². The van der Waals surface area contributed by atoms with Crippen molar-refractivity contribution < 1.29 is 14.3 Å². The largest absolute Gasteiger partial charge is 0.444 e. The average Bonchev–Trinajstić information content (AvgIpc) is 2.53. The molecule has 1 atom stereocenters. The Bertz CT molecular complexity index is 216. The highest BCUT2D eigenvalue weighted by atomic mass is 16.6. The molecule has 0 saturated carbocycles. The normalized spacial score (nSPS) is 21.5. The molecule has 0 aromatic heterocycles. The molecule has 1 aliphatic rings. The summed E-state index contributed by atoms with van der Waals surface area (Å²) in [5.74, 6) is 0. The molecule has 0 aliphatic carbocycles. The number of carbonyl (C=O) groups excluding carboxylic acids is 1. The monoisotopic (exact) mass is 215 g/mol. The zero-order valence-electron chi connectivity index (χ0n) is 10.1. The Morgan fingerprint density at radius 1 is 1.53 bits per heavy atom. The number of rotatable bonds is 2. The van der Waals surface area contributed by atoms with Gasteiger partial charge in [0, 0.05) is 20.2 Å². The van der Waals surface area contributed by atoms with Gasteiger partial charge < -0.3 is 14.4 Å². The summed E-state index contributed by atoms with van der Waals surface area (Å²) in [6.07, 6.45) is 2.03. The predicted octanol–water partition coefficient (Wildman–Crippen LogP) is 2.03. The van der Waals surface area contributed by atoms with E-state index in [1.54, 1.807) is 11.9 Å². The minimum atomic E-state index is -0.429. The van der Waals surface area contributed by atoms with Crippen LogP contribution in [0.2, 0.25) is 0 Å². The summed E-state index contributed by atoms with van der Waals surface area (Å²) in [5.41, 5.74) is -0.429. The van der Waals surface area contributed by atoms with Crippen molar-refractivity contribution in [3.05, 3.63) is 0 Å². The Morgan fingerprint density at radius 2 is 2.20 bits per heavy atom. The first-order valence-corrected chi connectivity index (χ1v) is 5.44. The lowest BCUT2D eigenvalue weighted by atomic mass is 10.2. The van der Waals surface area contributed by atoms with Crippen LogP contribution in [0.15, 0.2) is 0 Å². The lowest BCUT2D eigenvalue weighted by Gasteiger charge is -2.26. The van der Waals surface area contributed by atoms with Crippen LogP contribution in [0.5, 0.6) is 0 Å². The molecular formula is C11H21NO3. The molecule has 0 unspecified atom stereocenters. The van der Waals surface area contributed by atoms with E-state index in [1.165, 1.54) is 0 Å². The number of amides is 1. The van der Waals surface area contributed by atoms with E-state index in [1.807, 2.05) is 20.8 Å². The molecule has 0 spiro atoms. The van der Waals surface area contributed by atoms with Crippen molar-refractivity contribution in [1.82, 2.24) is 4.90 Å². The molecule has 1 saturated heterocycles. The molecule has 0 aromatic carbocycles. The summed E-state index contributed by atoms with van der Waals surface area (Å²) in [5, 5.41) is 0. The highest BCUT2D eigenvalue weighted by molar-refractivity contribution is 5.67. The Hall–Kier alpha value is -0.770. The van der Waals surface area contributed by atoms with Crippen LogP contribution in [0.4, 0.5) is 4.79 Å². The summed E-state index contributed by atoms with van der Waals surface area (Å²) in [4.78, 5) is 13.2. The van der Waals surface area contributed by atoms with Gasteiger partial charge in [-0.15, -0.1) is 0 Å². The first-order chi connectivity index (χ1) is 6.88. The molecule has 0 aromatic rings. The van der Waals surface area contributed by atoms with Crippen molar-refractivity contribution in [2.24, 2.45) is 0 Å². The Morgan fingerprint density at radius 3 is 2.67 bits per heavy atom. The minimum Gasteiger partial charge on any atom is -0.444 e. The highest BCUT2D eigenvalue weighted by Gasteiger charge is 2.23. The number of hydrogen-bond acceptors (Lipinski definition) is 3. The van der Waals surface area contributed by atoms with Gasteiger partial charge in [-0.1, -0.05) is 0 Å². The summed E-state index contributed by atoms with van der Waals surface area (Å²) >= 11 is 0. The fourth-order valence-corrected chi connectivity index (χ4v) is 1.51. The lowest BCUT2D eigenvalue weighted by molar-refractivity contribution is 0.0168. The van der Waals surface area contributed by atoms with Crippen LogP contribution in [0.1, 0.15) is 33.6 Å². The Kier molecular flexibility index (Phi) is 3.97. The molecule has 0 bridgehead atoms. The number of carbonyl (C=O) groups is 1. The first kappa shape index (κ1) is 12.3. The van der Waals surface area contributed by atoms with Crippen LogP contribution in [0.25, 0.3) is 0 Å². The highest BCUT2D eigenvalue weighted by Crippen LogP contribution is 2.14. The van der Waals surface area contributed by atoms with Gasteiger partial charge in [-0.05, 0) is 33.6 Å². The fraction of sp³-hybridized carbons (Fsp3) is 0.909. The standard InChI is InChI=1S/C11H21NO3/c1-11(2,3)15-10(13)12(4)8-9-6-5-7-14-9/h9H,5-8H2,1-4H3/t9-/m1/s1. The molecule has 1 fully saturated rings. The van der Waals surface area contributed by atoms with Crippen molar-refractivity contribution in [2.45, 2.75) is 45.3 Å². The number of hydrogen-bond donors (Lipinski definition) is 0. The maximum atomic E-state index is 11.6. The molecule has 15 heavy (non-hydrogen) atoms. The van der Waals surface area contributed by atoms with Gasteiger partial charge in [0.05, 0.1) is 6.10 Å². The van der Waals surface area contributed by atoms with E-state index < -0.39 is 5.60 Å². The van der Waals surface area contributed by atoms with Crippen molar-refractivity contribution in [3.8, 4) is 0 Å². The van der Waals surface area contributed by atoms with Crippen molar-refractivity contribution in [3.63, 3.8) is 0 Å². The predicted molar refractivity (Wildman–Crippen MR) is 57.8 cm³/mol. The van der Waals surface area contributed by atoms with Gasteiger partial charge in [0.15, 0.2) is 0 Å². The van der Waals surface area contributed by atoms with Crippen molar-refractivity contribution in [1.29, 1.82) is 0 Å². The second-order valence-electron chi connectivity index (χ2n) is 5.00. The first-order valence-electron chi connectivity index (χ1n) is 5.44. The van der Waals surface area contributed by atoms with E-state index in [9.17, 15) is 4.79 Å². The van der Waals surface area contributed by atoms with E-state index in [2.05, 4.69) is 0 Å². The smallest absolute Gasteiger partial charge is 0.410 e. The quantitative estimate of drug-likeness (QED) is 0.707. The number of nitrogens with zero attached hydrogens (tertiary/aromatic N) is 1. The second-order valence-corrected chi connectivity index (χ2v) is 5.00. The van der Waals surface area contributed by atoms with Gasteiger partial charge >= 0.3 is 6.09 Å². The molecule has 1 rings (SSSR count). The number of ether oxygens (including phenoxy) is 2. The van der Waals surface area contributed by atoms with Crippen LogP contribution >= 0.6 is 0 Å². The average molecular weight is 215 g/mol. The van der Waals surface area contributed by atoms with Gasteiger partial charge in [-0.25, -0.2) is 4.79 Å². The molecular weight excluding hydrogens is 194 g/mol. The Balaban J connectivity index is 2.32. The topological polar surface area (TPSA) is 38.8 Å².